The Bertz CT molecular complexity index is 914. The first-order valence-corrected chi connectivity index (χ1v) is 18.9. The predicted molar refractivity (Wildman–Crippen MR) is 221 cm³/mol. The SMILES string of the molecule is C=CC(=O)O.C=CC(=O)O.C=CC(=O)O.C=CC(=O)OCCCCCCCC.C=CC(=O)OCCCCCCCCC.CCC(CO)(CO)CO.OCC(O)CO. The van der Waals surface area contributed by atoms with E-state index in [2.05, 4.69) is 46.7 Å². The second-order valence-corrected chi connectivity index (χ2v) is 11.6. The number of aliphatic hydroxyl groups is 6. The summed E-state index contributed by atoms with van der Waals surface area (Å²) in [5, 5.41) is 72.8. The molecule has 0 fully saturated rings. The monoisotopic (exact) mass is 825 g/mol. The van der Waals surface area contributed by atoms with Crippen LogP contribution < -0.4 is 0 Å². The van der Waals surface area contributed by atoms with Crippen LogP contribution in [0, 0.1) is 5.41 Å². The standard InChI is InChI=1S/C12H22O2.C11H20O2.C6H14O3.C3H8O3.3C3H4O2/c1-3-5-6-7-8-9-10-11-14-12(13)4-2;1-3-5-6-7-8-9-10-13-11(12)4-2;1-2-6(3-7,4-8)5-9;4-1-3(6)2-5;3*1-2-3(4)5/h4H,2-3,5-11H2,1H3;4H,2-3,5-10H2,1H3;7-9H,2-5H2,1H3;3-6H,1-2H2;3*2H,1H2,(H,4,5). The average Bonchev–Trinajstić information content (AvgIpc) is 3.23. The molecule has 0 aromatic carbocycles. The van der Waals surface area contributed by atoms with Crippen LogP contribution in [0.4, 0.5) is 0 Å². The van der Waals surface area contributed by atoms with Crippen molar-refractivity contribution in [3.63, 3.8) is 0 Å². The number of carboxylic acid groups (broad SMARTS) is 3. The van der Waals surface area contributed by atoms with Crippen LogP contribution >= 0.6 is 0 Å². The van der Waals surface area contributed by atoms with Gasteiger partial charge in [0, 0.05) is 35.8 Å². The Morgan fingerprint density at radius 2 is 0.737 bits per heavy atom. The number of aliphatic hydroxyl groups excluding tert-OH is 6. The minimum absolute atomic E-state index is 0.156. The molecular formula is C41H76O16. The van der Waals surface area contributed by atoms with E-state index in [0.717, 1.165) is 43.9 Å². The highest BCUT2D eigenvalue weighted by atomic mass is 16.5. The zero-order chi connectivity index (χ0) is 45.8. The maximum atomic E-state index is 10.6. The van der Waals surface area contributed by atoms with Gasteiger partial charge >= 0.3 is 29.8 Å². The molecule has 9 N–H and O–H groups in total. The zero-order valence-corrected chi connectivity index (χ0v) is 34.7. The Morgan fingerprint density at radius 1 is 0.491 bits per heavy atom. The van der Waals surface area contributed by atoms with Gasteiger partial charge in [0.25, 0.3) is 0 Å². The summed E-state index contributed by atoms with van der Waals surface area (Å²) < 4.78 is 9.70. The predicted octanol–water partition coefficient (Wildman–Crippen LogP) is 5.00. The van der Waals surface area contributed by atoms with Crippen LogP contribution in [0.15, 0.2) is 63.3 Å². The van der Waals surface area contributed by atoms with Crippen molar-refractivity contribution in [1.29, 1.82) is 0 Å². The number of aliphatic carboxylic acids is 3. The largest absolute Gasteiger partial charge is 0.478 e. The van der Waals surface area contributed by atoms with Crippen LogP contribution in [0.2, 0.25) is 0 Å². The molecule has 0 atom stereocenters. The molecule has 0 amide bonds. The van der Waals surface area contributed by atoms with Gasteiger partial charge in [-0.2, -0.15) is 0 Å². The van der Waals surface area contributed by atoms with E-state index in [1.165, 1.54) is 69.9 Å². The van der Waals surface area contributed by atoms with Gasteiger partial charge in [-0.3, -0.25) is 0 Å². The fourth-order valence-corrected chi connectivity index (χ4v) is 2.95. The van der Waals surface area contributed by atoms with E-state index in [1.54, 1.807) is 0 Å². The van der Waals surface area contributed by atoms with Crippen molar-refractivity contribution < 1.29 is 79.4 Å². The average molecular weight is 825 g/mol. The molecule has 0 aliphatic heterocycles. The van der Waals surface area contributed by atoms with Crippen molar-refractivity contribution in [1.82, 2.24) is 0 Å². The Morgan fingerprint density at radius 3 is 0.877 bits per heavy atom. The van der Waals surface area contributed by atoms with Gasteiger partial charge in [-0.25, -0.2) is 24.0 Å². The first-order valence-electron chi connectivity index (χ1n) is 18.9. The van der Waals surface area contributed by atoms with Gasteiger partial charge in [0.05, 0.1) is 46.2 Å². The minimum atomic E-state index is -0.981. The summed E-state index contributed by atoms with van der Waals surface area (Å²) in [5.74, 6) is -3.57. The second-order valence-electron chi connectivity index (χ2n) is 11.6. The minimum Gasteiger partial charge on any atom is -0.478 e. The van der Waals surface area contributed by atoms with E-state index in [4.69, 9.17) is 55.4 Å². The summed E-state index contributed by atoms with van der Waals surface area (Å²) >= 11 is 0. The first-order chi connectivity index (χ1) is 27.0. The van der Waals surface area contributed by atoms with Crippen molar-refractivity contribution in [3.8, 4) is 0 Å². The lowest BCUT2D eigenvalue weighted by atomic mass is 9.88. The smallest absolute Gasteiger partial charge is 0.330 e. The number of ether oxygens (including phenoxy) is 2. The van der Waals surface area contributed by atoms with Crippen molar-refractivity contribution in [2.24, 2.45) is 5.41 Å². The van der Waals surface area contributed by atoms with Crippen molar-refractivity contribution in [2.75, 3.05) is 46.2 Å². The highest BCUT2D eigenvalue weighted by Gasteiger charge is 2.24. The highest BCUT2D eigenvalue weighted by molar-refractivity contribution is 5.81. The number of carboxylic acids is 3. The van der Waals surface area contributed by atoms with E-state index in [1.807, 2.05) is 6.92 Å². The molecule has 0 bridgehead atoms. The number of hydrogen-bond acceptors (Lipinski definition) is 13. The van der Waals surface area contributed by atoms with Crippen molar-refractivity contribution in [2.45, 2.75) is 117 Å². The maximum absolute atomic E-state index is 10.6. The van der Waals surface area contributed by atoms with Gasteiger partial charge in [0.2, 0.25) is 0 Å². The number of carbonyl (C=O) groups is 5. The fourth-order valence-electron chi connectivity index (χ4n) is 2.95. The lowest BCUT2D eigenvalue weighted by Gasteiger charge is -2.24. The summed E-state index contributed by atoms with van der Waals surface area (Å²) in [5.41, 5.74) is -0.667. The van der Waals surface area contributed by atoms with Crippen LogP contribution in [0.25, 0.3) is 0 Å². The normalized spacial score (nSPS) is 9.23. The number of hydrogen-bond donors (Lipinski definition) is 9. The number of carbonyl (C=O) groups excluding carboxylic acids is 2. The molecule has 0 radical (unpaired) electrons. The van der Waals surface area contributed by atoms with Gasteiger partial charge in [-0.05, 0) is 19.3 Å². The molecule has 0 saturated heterocycles. The van der Waals surface area contributed by atoms with Gasteiger partial charge in [-0.15, -0.1) is 0 Å². The summed E-state index contributed by atoms with van der Waals surface area (Å²) in [6, 6.07) is 0. The molecule has 0 heterocycles. The molecule has 16 heteroatoms. The van der Waals surface area contributed by atoms with Crippen molar-refractivity contribution >= 4 is 29.8 Å². The summed E-state index contributed by atoms with van der Waals surface area (Å²) in [7, 11) is 0. The Hall–Kier alpha value is -4.19. The number of esters is 2. The molecule has 0 aliphatic rings. The van der Waals surface area contributed by atoms with Gasteiger partial charge in [-0.1, -0.05) is 124 Å². The Balaban J connectivity index is -0.000000107. The molecule has 0 saturated carbocycles. The van der Waals surface area contributed by atoms with Gasteiger partial charge in [0.15, 0.2) is 0 Å². The van der Waals surface area contributed by atoms with E-state index in [9.17, 15) is 24.0 Å². The molecule has 0 rings (SSSR count). The quantitative estimate of drug-likeness (QED) is 0.0315. The third-order valence-corrected chi connectivity index (χ3v) is 6.77. The third kappa shape index (κ3) is 77.2. The fraction of sp³-hybridized carbons (Fsp3) is 0.634. The lowest BCUT2D eigenvalue weighted by molar-refractivity contribution is -0.138. The Labute approximate surface area is 340 Å². The molecule has 0 aromatic heterocycles. The maximum Gasteiger partial charge on any atom is 0.330 e. The van der Waals surface area contributed by atoms with Crippen LogP contribution in [-0.2, 0) is 33.4 Å². The van der Waals surface area contributed by atoms with E-state index in [0.29, 0.717) is 19.6 Å². The zero-order valence-electron chi connectivity index (χ0n) is 34.7. The van der Waals surface area contributed by atoms with Crippen LogP contribution in [0.3, 0.4) is 0 Å². The highest BCUT2D eigenvalue weighted by Crippen LogP contribution is 2.18. The van der Waals surface area contributed by atoms with Crippen LogP contribution in [-0.4, -0.2) is 128 Å². The molecule has 57 heavy (non-hydrogen) atoms. The van der Waals surface area contributed by atoms with E-state index >= 15 is 0 Å². The Kier molecular flexibility index (Phi) is 69.3. The molecule has 0 unspecified atom stereocenters. The molecule has 336 valence electrons. The first kappa shape index (κ1) is 67.5. The molecular weight excluding hydrogens is 748 g/mol. The molecule has 16 nitrogen and oxygen atoms in total. The summed E-state index contributed by atoms with van der Waals surface area (Å²) in [6.45, 7) is 21.7. The van der Waals surface area contributed by atoms with Gasteiger partial charge in [0.1, 0.15) is 6.10 Å². The van der Waals surface area contributed by atoms with Crippen LogP contribution in [0.1, 0.15) is 111 Å². The van der Waals surface area contributed by atoms with E-state index in [-0.39, 0.29) is 45.0 Å². The lowest BCUT2D eigenvalue weighted by Crippen LogP contribution is -2.32. The third-order valence-electron chi connectivity index (χ3n) is 6.77. The molecule has 0 aromatic rings. The number of unbranched alkanes of at least 4 members (excludes halogenated alkanes) is 11. The second kappa shape index (κ2) is 58.5. The van der Waals surface area contributed by atoms with E-state index < -0.39 is 29.4 Å². The topological polar surface area (TPSA) is 286 Å². The van der Waals surface area contributed by atoms with Crippen LogP contribution in [0.5, 0.6) is 0 Å². The number of rotatable bonds is 26. The van der Waals surface area contributed by atoms with Gasteiger partial charge < -0.3 is 55.4 Å². The molecule has 0 aliphatic carbocycles. The van der Waals surface area contributed by atoms with Crippen molar-refractivity contribution in [3.05, 3.63) is 63.3 Å². The summed E-state index contributed by atoms with van der Waals surface area (Å²) in [4.78, 5) is 49.0. The molecule has 0 spiro atoms. The summed E-state index contributed by atoms with van der Waals surface area (Å²) in [6.07, 6.45) is 20.5.